The second kappa shape index (κ2) is 7.74. The second-order valence-electron chi connectivity index (χ2n) is 6.54. The standard InChI is InChI=1S/C19H20ClN3OS2/c1-23(2)14-6-3-12(4-7-14)18-21-10-15(24-18)11-25-19-22-16-9-13(20)5-8-17(16)26-19/h3-9,15,18,21H,10-11H2,1-2H3/p+1/t15-,18-/m1/s1. The maximum atomic E-state index is 6.23. The van der Waals surface area contributed by atoms with Gasteiger partial charge in [-0.15, -0.1) is 11.3 Å². The summed E-state index contributed by atoms with van der Waals surface area (Å²) in [6, 6.07) is 14.5. The van der Waals surface area contributed by atoms with Crippen molar-refractivity contribution in [3.63, 3.8) is 0 Å². The van der Waals surface area contributed by atoms with Crippen molar-refractivity contribution in [3.8, 4) is 0 Å². The van der Waals surface area contributed by atoms with Crippen LogP contribution in [-0.2, 0) is 4.74 Å². The molecule has 3 aromatic rings. The minimum atomic E-state index is 0.0889. The van der Waals surface area contributed by atoms with E-state index in [1.807, 2.05) is 18.2 Å². The van der Waals surface area contributed by atoms with Gasteiger partial charge in [0.05, 0.1) is 10.2 Å². The topological polar surface area (TPSA) is 42.0 Å². The molecule has 0 bridgehead atoms. The summed E-state index contributed by atoms with van der Waals surface area (Å²) in [6.45, 7) is 0.976. The van der Waals surface area contributed by atoms with E-state index in [1.54, 1.807) is 23.1 Å². The monoisotopic (exact) mass is 406 g/mol. The molecule has 0 radical (unpaired) electrons. The van der Waals surface area contributed by atoms with Gasteiger partial charge in [0.25, 0.3) is 0 Å². The van der Waals surface area contributed by atoms with Gasteiger partial charge in [0, 0.05) is 36.1 Å². The molecule has 2 N–H and O–H groups in total. The van der Waals surface area contributed by atoms with Crippen molar-refractivity contribution in [2.24, 2.45) is 0 Å². The van der Waals surface area contributed by atoms with E-state index in [4.69, 9.17) is 16.3 Å². The van der Waals surface area contributed by atoms with E-state index in [9.17, 15) is 0 Å². The highest BCUT2D eigenvalue weighted by atomic mass is 35.5. The first kappa shape index (κ1) is 18.1. The van der Waals surface area contributed by atoms with Crippen LogP contribution in [0, 0.1) is 0 Å². The number of aromatic nitrogens is 1. The number of thiazole rings is 1. The van der Waals surface area contributed by atoms with Gasteiger partial charge < -0.3 is 15.0 Å². The summed E-state index contributed by atoms with van der Waals surface area (Å²) in [7, 11) is 4.10. The average Bonchev–Trinajstić information content (AvgIpc) is 3.26. The van der Waals surface area contributed by atoms with Gasteiger partial charge in [0.2, 0.25) is 6.23 Å². The Morgan fingerprint density at radius 1 is 1.27 bits per heavy atom. The van der Waals surface area contributed by atoms with Gasteiger partial charge in [-0.1, -0.05) is 23.4 Å². The predicted octanol–water partition coefficient (Wildman–Crippen LogP) is 3.77. The van der Waals surface area contributed by atoms with Crippen LogP contribution in [0.1, 0.15) is 11.8 Å². The fraction of sp³-hybridized carbons (Fsp3) is 0.316. The van der Waals surface area contributed by atoms with Crippen molar-refractivity contribution >= 4 is 50.6 Å². The van der Waals surface area contributed by atoms with Crippen molar-refractivity contribution in [1.29, 1.82) is 0 Å². The van der Waals surface area contributed by atoms with E-state index < -0.39 is 0 Å². The number of halogens is 1. The Morgan fingerprint density at radius 2 is 2.08 bits per heavy atom. The van der Waals surface area contributed by atoms with Crippen LogP contribution in [0.25, 0.3) is 10.2 Å². The maximum Gasteiger partial charge on any atom is 0.217 e. The lowest BCUT2D eigenvalue weighted by atomic mass is 10.2. The van der Waals surface area contributed by atoms with Crippen molar-refractivity contribution in [1.82, 2.24) is 4.98 Å². The summed E-state index contributed by atoms with van der Waals surface area (Å²) in [5.41, 5.74) is 3.40. The summed E-state index contributed by atoms with van der Waals surface area (Å²) in [5.74, 6) is 0.913. The fourth-order valence-electron chi connectivity index (χ4n) is 2.98. The van der Waals surface area contributed by atoms with Gasteiger partial charge >= 0.3 is 0 Å². The van der Waals surface area contributed by atoms with Gasteiger partial charge in [-0.05, 0) is 42.5 Å². The number of fused-ring (bicyclic) bond motifs is 1. The molecule has 0 spiro atoms. The zero-order valence-electron chi connectivity index (χ0n) is 14.7. The maximum absolute atomic E-state index is 6.23. The third kappa shape index (κ3) is 4.00. The minimum absolute atomic E-state index is 0.0889. The first-order valence-electron chi connectivity index (χ1n) is 8.53. The molecule has 2 aromatic carbocycles. The number of nitrogens with two attached hydrogens (primary N) is 1. The lowest BCUT2D eigenvalue weighted by Crippen LogP contribution is -2.82. The zero-order chi connectivity index (χ0) is 18.1. The van der Waals surface area contributed by atoms with E-state index >= 15 is 0 Å². The lowest BCUT2D eigenvalue weighted by Gasteiger charge is -2.14. The van der Waals surface area contributed by atoms with Gasteiger partial charge in [-0.25, -0.2) is 4.98 Å². The van der Waals surface area contributed by atoms with E-state index in [1.165, 1.54) is 16.0 Å². The molecule has 1 saturated heterocycles. The molecular formula is C19H21ClN3OS2+. The summed E-state index contributed by atoms with van der Waals surface area (Å²) in [6.07, 6.45) is 0.320. The van der Waals surface area contributed by atoms with Crippen LogP contribution >= 0.6 is 34.7 Å². The molecule has 0 unspecified atom stereocenters. The number of rotatable bonds is 5. The molecular weight excluding hydrogens is 386 g/mol. The normalized spacial score (nSPS) is 20.0. The summed E-state index contributed by atoms with van der Waals surface area (Å²) >= 11 is 9.52. The first-order valence-corrected chi connectivity index (χ1v) is 10.7. The Labute approximate surface area is 166 Å². The summed E-state index contributed by atoms with van der Waals surface area (Å²) < 4.78 is 8.48. The Kier molecular flexibility index (Phi) is 5.38. The van der Waals surface area contributed by atoms with Crippen LogP contribution in [0.15, 0.2) is 46.8 Å². The molecule has 136 valence electrons. The molecule has 0 saturated carbocycles. The number of quaternary nitrogens is 1. The van der Waals surface area contributed by atoms with E-state index in [2.05, 4.69) is 53.6 Å². The van der Waals surface area contributed by atoms with Crippen LogP contribution in [0.4, 0.5) is 5.69 Å². The van der Waals surface area contributed by atoms with Crippen LogP contribution in [0.5, 0.6) is 0 Å². The van der Waals surface area contributed by atoms with Crippen LogP contribution < -0.4 is 10.2 Å². The quantitative estimate of drug-likeness (QED) is 0.655. The zero-order valence-corrected chi connectivity index (χ0v) is 17.1. The van der Waals surface area contributed by atoms with Gasteiger partial charge in [-0.3, -0.25) is 0 Å². The third-order valence-corrected chi connectivity index (χ3v) is 6.96. The first-order chi connectivity index (χ1) is 12.6. The van der Waals surface area contributed by atoms with Crippen molar-refractivity contribution in [3.05, 3.63) is 53.1 Å². The highest BCUT2D eigenvalue weighted by Crippen LogP contribution is 2.32. The number of anilines is 1. The molecule has 7 heteroatoms. The second-order valence-corrected chi connectivity index (χ2v) is 9.27. The number of thioether (sulfide) groups is 1. The number of hydrogen-bond acceptors (Lipinski definition) is 5. The summed E-state index contributed by atoms with van der Waals surface area (Å²) in [5, 5.41) is 3.00. The molecule has 4 rings (SSSR count). The molecule has 26 heavy (non-hydrogen) atoms. The molecule has 1 aromatic heterocycles. The highest BCUT2D eigenvalue weighted by molar-refractivity contribution is 8.01. The molecule has 4 nitrogen and oxygen atoms in total. The molecule has 1 aliphatic heterocycles. The predicted molar refractivity (Wildman–Crippen MR) is 111 cm³/mol. The molecule has 1 fully saturated rings. The van der Waals surface area contributed by atoms with Crippen LogP contribution in [0.3, 0.4) is 0 Å². The van der Waals surface area contributed by atoms with Crippen molar-refractivity contribution in [2.75, 3.05) is 31.3 Å². The number of benzene rings is 2. The molecule has 2 heterocycles. The Balaban J connectivity index is 1.35. The summed E-state index contributed by atoms with van der Waals surface area (Å²) in [4.78, 5) is 6.77. The fourth-order valence-corrected chi connectivity index (χ4v) is 5.24. The van der Waals surface area contributed by atoms with Gasteiger partial charge in [0.15, 0.2) is 4.34 Å². The molecule has 1 aliphatic rings. The number of hydrogen-bond donors (Lipinski definition) is 1. The number of nitrogens with zero attached hydrogens (tertiary/aromatic N) is 2. The van der Waals surface area contributed by atoms with E-state index in [0.717, 1.165) is 27.2 Å². The molecule has 0 aliphatic carbocycles. The third-order valence-electron chi connectivity index (χ3n) is 4.41. The Hall–Kier alpha value is -1.31. The smallest absolute Gasteiger partial charge is 0.217 e. The Bertz CT molecular complexity index is 897. The SMILES string of the molecule is CN(C)c1ccc([C@@H]2[NH2+]C[C@H](CSc3nc4cc(Cl)ccc4s3)O2)cc1. The van der Waals surface area contributed by atoms with Crippen LogP contribution in [0.2, 0.25) is 5.02 Å². The van der Waals surface area contributed by atoms with Gasteiger partial charge in [0.1, 0.15) is 12.6 Å². The lowest BCUT2D eigenvalue weighted by molar-refractivity contribution is -0.697. The largest absolute Gasteiger partial charge is 0.378 e. The Morgan fingerprint density at radius 3 is 2.85 bits per heavy atom. The van der Waals surface area contributed by atoms with Crippen LogP contribution in [-0.4, -0.2) is 37.5 Å². The van der Waals surface area contributed by atoms with Crippen molar-refractivity contribution < 1.29 is 10.1 Å². The number of ether oxygens (including phenoxy) is 1. The molecule has 0 amide bonds. The average molecular weight is 407 g/mol. The highest BCUT2D eigenvalue weighted by Gasteiger charge is 2.30. The van der Waals surface area contributed by atoms with E-state index in [0.29, 0.717) is 0 Å². The van der Waals surface area contributed by atoms with Gasteiger partial charge in [-0.2, -0.15) is 0 Å². The molecule has 2 atom stereocenters. The minimum Gasteiger partial charge on any atom is -0.378 e. The van der Waals surface area contributed by atoms with Crippen molar-refractivity contribution in [2.45, 2.75) is 16.7 Å². The van der Waals surface area contributed by atoms with E-state index in [-0.39, 0.29) is 12.3 Å².